The highest BCUT2D eigenvalue weighted by atomic mass is 19.1. The van der Waals surface area contributed by atoms with E-state index in [4.69, 9.17) is 5.73 Å². The predicted octanol–water partition coefficient (Wildman–Crippen LogP) is 3.38. The first-order valence-corrected chi connectivity index (χ1v) is 9.98. The van der Waals surface area contributed by atoms with Crippen LogP contribution in [-0.2, 0) is 6.54 Å². The van der Waals surface area contributed by atoms with Gasteiger partial charge in [-0.2, -0.15) is 0 Å². The van der Waals surface area contributed by atoms with Gasteiger partial charge in [0.05, 0.1) is 5.69 Å². The van der Waals surface area contributed by atoms with Crippen LogP contribution in [0.4, 0.5) is 10.1 Å². The molecule has 1 fully saturated rings. The highest BCUT2D eigenvalue weighted by molar-refractivity contribution is 6.02. The van der Waals surface area contributed by atoms with Crippen molar-refractivity contribution in [3.63, 3.8) is 0 Å². The van der Waals surface area contributed by atoms with Crippen LogP contribution in [0.3, 0.4) is 0 Å². The summed E-state index contributed by atoms with van der Waals surface area (Å²) in [6, 6.07) is 11.8. The number of piperazine rings is 1. The molecule has 1 aliphatic heterocycles. The topological polar surface area (TPSA) is 79.0 Å². The van der Waals surface area contributed by atoms with Gasteiger partial charge in [-0.3, -0.25) is 14.5 Å². The number of nitrogen functional groups attached to an aromatic ring is 1. The Bertz CT molecular complexity index is 985. The molecule has 0 saturated carbocycles. The quantitative estimate of drug-likeness (QED) is 0.619. The monoisotopic (exact) mass is 410 g/mol. The van der Waals surface area contributed by atoms with Gasteiger partial charge >= 0.3 is 0 Å². The van der Waals surface area contributed by atoms with Crippen LogP contribution in [0.2, 0.25) is 0 Å². The number of nitrogens with zero attached hydrogens (tertiary/aromatic N) is 3. The number of carbonyl (C=O) groups is 2. The summed E-state index contributed by atoms with van der Waals surface area (Å²) >= 11 is 0. The smallest absolute Gasteiger partial charge is 0.276 e. The van der Waals surface area contributed by atoms with Crippen LogP contribution in [0.25, 0.3) is 0 Å². The lowest BCUT2D eigenvalue weighted by Gasteiger charge is -2.40. The maximum absolute atomic E-state index is 13.7. The minimum atomic E-state index is -0.579. The van der Waals surface area contributed by atoms with Gasteiger partial charge in [0, 0.05) is 49.1 Å². The summed E-state index contributed by atoms with van der Waals surface area (Å²) < 4.78 is 13.7. The molecule has 2 amide bonds. The van der Waals surface area contributed by atoms with Crippen LogP contribution < -0.4 is 5.73 Å². The number of aliphatic imine (C=N–C) groups is 1. The van der Waals surface area contributed by atoms with Gasteiger partial charge in [-0.15, -0.1) is 0 Å². The van der Waals surface area contributed by atoms with E-state index in [2.05, 4.69) is 16.8 Å². The second-order valence-electron chi connectivity index (χ2n) is 7.87. The van der Waals surface area contributed by atoms with Gasteiger partial charge in [-0.05, 0) is 56.7 Å². The number of amides is 2. The molecule has 3 rings (SSSR count). The van der Waals surface area contributed by atoms with Gasteiger partial charge in [0.15, 0.2) is 0 Å². The number of benzene rings is 2. The summed E-state index contributed by atoms with van der Waals surface area (Å²) in [4.78, 5) is 32.9. The zero-order chi connectivity index (χ0) is 21.8. The number of hydrogen-bond acceptors (Lipinski definition) is 4. The Morgan fingerprint density at radius 2 is 1.90 bits per heavy atom. The molecule has 7 heteroatoms. The third-order valence-electron chi connectivity index (χ3n) is 5.18. The molecule has 2 aromatic carbocycles. The molecule has 2 aromatic rings. The van der Waals surface area contributed by atoms with E-state index in [0.717, 1.165) is 11.3 Å². The zero-order valence-corrected chi connectivity index (χ0v) is 17.6. The fourth-order valence-corrected chi connectivity index (χ4v) is 3.56. The molecule has 0 bridgehead atoms. The van der Waals surface area contributed by atoms with Crippen LogP contribution in [0.15, 0.2) is 47.5 Å². The van der Waals surface area contributed by atoms with Crippen molar-refractivity contribution in [3.8, 4) is 0 Å². The number of hydrogen-bond donors (Lipinski definition) is 1. The largest absolute Gasteiger partial charge is 0.396 e. The first kappa shape index (κ1) is 21.6. The molecule has 158 valence electrons. The molecule has 1 aliphatic rings. The Kier molecular flexibility index (Phi) is 6.62. The summed E-state index contributed by atoms with van der Waals surface area (Å²) in [7, 11) is 0. The molecule has 1 atom stereocenters. The molecular weight excluding hydrogens is 383 g/mol. The summed E-state index contributed by atoms with van der Waals surface area (Å²) in [6.07, 6.45) is 0. The van der Waals surface area contributed by atoms with Crippen LogP contribution in [0.5, 0.6) is 0 Å². The van der Waals surface area contributed by atoms with Crippen molar-refractivity contribution >= 4 is 23.2 Å². The second-order valence-corrected chi connectivity index (χ2v) is 7.87. The maximum Gasteiger partial charge on any atom is 0.276 e. The minimum absolute atomic E-state index is 0.0326. The Morgan fingerprint density at radius 3 is 2.57 bits per heavy atom. The number of anilines is 1. The lowest BCUT2D eigenvalue weighted by Crippen LogP contribution is -2.53. The molecule has 0 spiro atoms. The maximum atomic E-state index is 13.7. The number of carbonyl (C=O) groups excluding carboxylic acids is 2. The van der Waals surface area contributed by atoms with Gasteiger partial charge in [0.25, 0.3) is 11.8 Å². The van der Waals surface area contributed by atoms with E-state index < -0.39 is 5.82 Å². The van der Waals surface area contributed by atoms with Crippen molar-refractivity contribution in [1.82, 2.24) is 9.80 Å². The Balaban J connectivity index is 1.64. The molecule has 0 aliphatic carbocycles. The van der Waals surface area contributed by atoms with Gasteiger partial charge < -0.3 is 10.6 Å². The van der Waals surface area contributed by atoms with E-state index in [1.807, 2.05) is 18.2 Å². The van der Waals surface area contributed by atoms with Gasteiger partial charge in [-0.25, -0.2) is 9.38 Å². The molecule has 2 N–H and O–H groups in total. The lowest BCUT2D eigenvalue weighted by atomic mass is 10.1. The standard InChI is InChI=1S/C23H27FN4O2/c1-15(2)26-22(29)18-6-4-5-17(11-18)14-27-9-10-28(13-16(27)3)23(30)19-7-8-21(25)20(24)12-19/h4-8,11-12,16H,9-10,13-14,25H2,1-3H3/t16-/m1/s1. The molecule has 1 heterocycles. The SMILES string of the molecule is CC(C)=NC(=O)c1cccc(CN2CCN(C(=O)c3ccc(N)c(F)c3)C[C@H]2C)c1. The average Bonchev–Trinajstić information content (AvgIpc) is 2.71. The highest BCUT2D eigenvalue weighted by Gasteiger charge is 2.27. The molecule has 0 aromatic heterocycles. The molecule has 0 radical (unpaired) electrons. The molecule has 30 heavy (non-hydrogen) atoms. The van der Waals surface area contributed by atoms with E-state index in [9.17, 15) is 14.0 Å². The number of nitrogens with two attached hydrogens (primary N) is 1. The van der Waals surface area contributed by atoms with E-state index in [0.29, 0.717) is 37.3 Å². The third-order valence-corrected chi connectivity index (χ3v) is 5.18. The van der Waals surface area contributed by atoms with Crippen molar-refractivity contribution in [2.45, 2.75) is 33.4 Å². The summed E-state index contributed by atoms with van der Waals surface area (Å²) in [5.74, 6) is -1.01. The fraction of sp³-hybridized carbons (Fsp3) is 0.348. The summed E-state index contributed by atoms with van der Waals surface area (Å²) in [6.45, 7) is 8.11. The van der Waals surface area contributed by atoms with E-state index in [1.54, 1.807) is 30.9 Å². The van der Waals surface area contributed by atoms with Crippen LogP contribution in [0.1, 0.15) is 47.1 Å². The van der Waals surface area contributed by atoms with Crippen molar-refractivity contribution in [3.05, 3.63) is 65.0 Å². The van der Waals surface area contributed by atoms with Gasteiger partial charge in [0.2, 0.25) is 0 Å². The zero-order valence-electron chi connectivity index (χ0n) is 17.6. The molecule has 6 nitrogen and oxygen atoms in total. The van der Waals surface area contributed by atoms with Crippen molar-refractivity contribution in [2.24, 2.45) is 4.99 Å². The molecule has 0 unspecified atom stereocenters. The Morgan fingerprint density at radius 1 is 1.13 bits per heavy atom. The third kappa shape index (κ3) is 5.10. The second kappa shape index (κ2) is 9.17. The van der Waals surface area contributed by atoms with Crippen LogP contribution in [-0.4, -0.2) is 53.0 Å². The molecular formula is C23H27FN4O2. The minimum Gasteiger partial charge on any atom is -0.396 e. The first-order chi connectivity index (χ1) is 14.2. The number of rotatable bonds is 4. The van der Waals surface area contributed by atoms with E-state index in [1.165, 1.54) is 12.1 Å². The van der Waals surface area contributed by atoms with Gasteiger partial charge in [-0.1, -0.05) is 12.1 Å². The molecule has 1 saturated heterocycles. The van der Waals surface area contributed by atoms with Crippen molar-refractivity contribution in [2.75, 3.05) is 25.4 Å². The lowest BCUT2D eigenvalue weighted by molar-refractivity contribution is 0.0494. The Hall–Kier alpha value is -3.06. The van der Waals surface area contributed by atoms with E-state index in [-0.39, 0.29) is 23.5 Å². The van der Waals surface area contributed by atoms with Crippen molar-refractivity contribution in [1.29, 1.82) is 0 Å². The summed E-state index contributed by atoms with van der Waals surface area (Å²) in [5.41, 5.74) is 8.16. The van der Waals surface area contributed by atoms with Crippen molar-refractivity contribution < 1.29 is 14.0 Å². The first-order valence-electron chi connectivity index (χ1n) is 9.98. The summed E-state index contributed by atoms with van der Waals surface area (Å²) in [5, 5.41) is 0. The fourth-order valence-electron chi connectivity index (χ4n) is 3.56. The Labute approximate surface area is 176 Å². The van der Waals surface area contributed by atoms with Crippen LogP contribution >= 0.6 is 0 Å². The van der Waals surface area contributed by atoms with Gasteiger partial charge in [0.1, 0.15) is 5.82 Å². The van der Waals surface area contributed by atoms with Crippen LogP contribution in [0, 0.1) is 5.82 Å². The normalized spacial score (nSPS) is 16.9. The highest BCUT2D eigenvalue weighted by Crippen LogP contribution is 2.19. The predicted molar refractivity (Wildman–Crippen MR) is 116 cm³/mol. The number of halogens is 1. The van der Waals surface area contributed by atoms with E-state index >= 15 is 0 Å². The average molecular weight is 410 g/mol.